The van der Waals surface area contributed by atoms with Crippen LogP contribution < -0.4 is 10.6 Å². The van der Waals surface area contributed by atoms with E-state index < -0.39 is 12.0 Å². The monoisotopic (exact) mass is 324 g/mol. The minimum Gasteiger partial charge on any atom is -0.478 e. The van der Waals surface area contributed by atoms with Gasteiger partial charge in [0.15, 0.2) is 0 Å². The van der Waals surface area contributed by atoms with E-state index >= 15 is 0 Å². The normalized spacial score (nSPS) is 9.47. The molecular formula is C13H13BrN2O3. The van der Waals surface area contributed by atoms with Crippen molar-refractivity contribution in [2.24, 2.45) is 0 Å². The summed E-state index contributed by atoms with van der Waals surface area (Å²) in [4.78, 5) is 22.6. The van der Waals surface area contributed by atoms with Crippen LogP contribution in [-0.4, -0.2) is 23.7 Å². The van der Waals surface area contributed by atoms with Crippen LogP contribution in [-0.2, 0) is 0 Å². The number of halogens is 1. The van der Waals surface area contributed by atoms with E-state index in [4.69, 9.17) is 11.5 Å². The first kappa shape index (κ1) is 15.1. The van der Waals surface area contributed by atoms with Gasteiger partial charge in [0, 0.05) is 17.4 Å². The summed E-state index contributed by atoms with van der Waals surface area (Å²) in [5.41, 5.74) is 0.262. The molecule has 0 aliphatic rings. The number of benzene rings is 1. The number of carboxylic acid groups (broad SMARTS) is 1. The fraction of sp³-hybridized carbons (Fsp3) is 0.231. The Morgan fingerprint density at radius 3 is 2.79 bits per heavy atom. The van der Waals surface area contributed by atoms with Crippen molar-refractivity contribution in [2.75, 3.05) is 11.9 Å². The lowest BCUT2D eigenvalue weighted by molar-refractivity contribution is 0.0698. The molecule has 0 atom stereocenters. The Hall–Kier alpha value is -2.00. The zero-order chi connectivity index (χ0) is 14.3. The lowest BCUT2D eigenvalue weighted by Crippen LogP contribution is -2.30. The minimum absolute atomic E-state index is 0.0214. The van der Waals surface area contributed by atoms with E-state index in [9.17, 15) is 9.59 Å². The van der Waals surface area contributed by atoms with Crippen molar-refractivity contribution in [1.29, 1.82) is 0 Å². The molecule has 5 nitrogen and oxygen atoms in total. The second-order valence-electron chi connectivity index (χ2n) is 3.68. The number of urea groups is 1. The number of anilines is 1. The predicted octanol–water partition coefficient (Wildman–Crippen LogP) is 2.68. The van der Waals surface area contributed by atoms with Gasteiger partial charge in [-0.3, -0.25) is 0 Å². The highest BCUT2D eigenvalue weighted by molar-refractivity contribution is 9.10. The number of carbonyl (C=O) groups excluding carboxylic acids is 1. The van der Waals surface area contributed by atoms with Crippen LogP contribution in [0.2, 0.25) is 0 Å². The number of terminal acetylenes is 1. The third-order valence-corrected chi connectivity index (χ3v) is 2.74. The highest BCUT2D eigenvalue weighted by Gasteiger charge is 2.12. The number of aromatic carboxylic acids is 1. The van der Waals surface area contributed by atoms with Crippen LogP contribution in [0.25, 0.3) is 0 Å². The van der Waals surface area contributed by atoms with E-state index in [0.29, 0.717) is 23.9 Å². The molecule has 0 aromatic heterocycles. The van der Waals surface area contributed by atoms with Crippen molar-refractivity contribution in [3.63, 3.8) is 0 Å². The lowest BCUT2D eigenvalue weighted by Gasteiger charge is -2.09. The molecule has 1 aromatic rings. The van der Waals surface area contributed by atoms with E-state index in [2.05, 4.69) is 32.5 Å². The van der Waals surface area contributed by atoms with Gasteiger partial charge in [-0.1, -0.05) is 15.9 Å². The minimum atomic E-state index is -1.11. The maximum Gasteiger partial charge on any atom is 0.337 e. The van der Waals surface area contributed by atoms with Crippen molar-refractivity contribution >= 4 is 33.6 Å². The number of carboxylic acids is 1. The molecule has 19 heavy (non-hydrogen) atoms. The molecule has 1 rings (SSSR count). The Balaban J connectivity index is 2.64. The van der Waals surface area contributed by atoms with E-state index in [1.165, 1.54) is 12.1 Å². The van der Waals surface area contributed by atoms with Gasteiger partial charge in [0.1, 0.15) is 0 Å². The largest absolute Gasteiger partial charge is 0.478 e. The van der Waals surface area contributed by atoms with Gasteiger partial charge in [0.05, 0.1) is 11.3 Å². The van der Waals surface area contributed by atoms with Gasteiger partial charge >= 0.3 is 12.0 Å². The Morgan fingerprint density at radius 2 is 2.16 bits per heavy atom. The van der Waals surface area contributed by atoms with E-state index in [0.717, 1.165) is 0 Å². The van der Waals surface area contributed by atoms with E-state index in [1.807, 2.05) is 0 Å². The summed E-state index contributed by atoms with van der Waals surface area (Å²) in [6.45, 7) is 0.439. The maximum absolute atomic E-state index is 11.6. The highest BCUT2D eigenvalue weighted by atomic mass is 79.9. The van der Waals surface area contributed by atoms with E-state index in [1.54, 1.807) is 6.07 Å². The van der Waals surface area contributed by atoms with Crippen molar-refractivity contribution in [3.05, 3.63) is 28.2 Å². The van der Waals surface area contributed by atoms with Gasteiger partial charge in [-0.25, -0.2) is 9.59 Å². The first-order valence-electron chi connectivity index (χ1n) is 5.55. The zero-order valence-corrected chi connectivity index (χ0v) is 11.7. The van der Waals surface area contributed by atoms with Gasteiger partial charge in [-0.2, -0.15) is 0 Å². The highest BCUT2D eigenvalue weighted by Crippen LogP contribution is 2.21. The maximum atomic E-state index is 11.6. The third-order valence-electron chi connectivity index (χ3n) is 2.24. The lowest BCUT2D eigenvalue weighted by atomic mass is 10.2. The number of rotatable bonds is 5. The third kappa shape index (κ3) is 5.02. The molecule has 2 amide bonds. The predicted molar refractivity (Wildman–Crippen MR) is 76.2 cm³/mol. The first-order valence-corrected chi connectivity index (χ1v) is 6.35. The molecule has 0 bridgehead atoms. The van der Waals surface area contributed by atoms with Crippen molar-refractivity contribution in [3.8, 4) is 12.3 Å². The Kier molecular flexibility index (Phi) is 5.90. The van der Waals surface area contributed by atoms with Gasteiger partial charge in [-0.15, -0.1) is 12.3 Å². The Labute approximate surface area is 119 Å². The molecule has 0 spiro atoms. The molecule has 1 aromatic carbocycles. The smallest absolute Gasteiger partial charge is 0.337 e. The first-order chi connectivity index (χ1) is 9.04. The van der Waals surface area contributed by atoms with Crippen LogP contribution in [0.1, 0.15) is 23.2 Å². The number of carbonyl (C=O) groups is 2. The molecule has 6 heteroatoms. The summed E-state index contributed by atoms with van der Waals surface area (Å²) in [6.07, 6.45) is 6.35. The topological polar surface area (TPSA) is 78.4 Å². The summed E-state index contributed by atoms with van der Waals surface area (Å²) >= 11 is 3.18. The van der Waals surface area contributed by atoms with Gasteiger partial charge in [-0.05, 0) is 24.6 Å². The van der Waals surface area contributed by atoms with Gasteiger partial charge in [0.25, 0.3) is 0 Å². The van der Waals surface area contributed by atoms with Crippen molar-refractivity contribution < 1.29 is 14.7 Å². The number of nitrogens with one attached hydrogen (secondary N) is 2. The van der Waals surface area contributed by atoms with E-state index in [-0.39, 0.29) is 11.3 Å². The molecule has 0 heterocycles. The number of unbranched alkanes of at least 4 members (excludes halogenated alkanes) is 1. The number of hydrogen-bond acceptors (Lipinski definition) is 2. The molecule has 0 saturated carbocycles. The molecular weight excluding hydrogens is 312 g/mol. The van der Waals surface area contributed by atoms with Gasteiger partial charge in [0.2, 0.25) is 0 Å². The fourth-order valence-electron chi connectivity index (χ4n) is 1.36. The number of hydrogen-bond donors (Lipinski definition) is 3. The average Bonchev–Trinajstić information content (AvgIpc) is 2.36. The molecule has 3 N–H and O–H groups in total. The summed E-state index contributed by atoms with van der Waals surface area (Å²) in [7, 11) is 0. The molecule has 0 saturated heterocycles. The summed E-state index contributed by atoms with van der Waals surface area (Å²) in [6, 6.07) is 4.15. The SMILES string of the molecule is C#CCCCNC(=O)Nc1ccc(Br)cc1C(=O)O. The summed E-state index contributed by atoms with van der Waals surface area (Å²) in [5, 5.41) is 14.1. The molecule has 0 fully saturated rings. The molecule has 0 unspecified atom stereocenters. The fourth-order valence-corrected chi connectivity index (χ4v) is 1.72. The zero-order valence-electron chi connectivity index (χ0n) is 10.1. The molecule has 0 aliphatic heterocycles. The molecule has 100 valence electrons. The molecule has 0 radical (unpaired) electrons. The van der Waals surface area contributed by atoms with Crippen molar-refractivity contribution in [2.45, 2.75) is 12.8 Å². The second-order valence-corrected chi connectivity index (χ2v) is 4.60. The standard InChI is InChI=1S/C13H13BrN2O3/c1-2-3-4-7-15-13(19)16-11-6-5-9(14)8-10(11)12(17)18/h1,5-6,8H,3-4,7H2,(H,17,18)(H2,15,16,19). The number of amides is 2. The van der Waals surface area contributed by atoms with Crippen LogP contribution in [0.3, 0.4) is 0 Å². The van der Waals surface area contributed by atoms with Crippen LogP contribution in [0, 0.1) is 12.3 Å². The van der Waals surface area contributed by atoms with Crippen LogP contribution in [0.4, 0.5) is 10.5 Å². The molecule has 0 aliphatic carbocycles. The van der Waals surface area contributed by atoms with Crippen LogP contribution in [0.15, 0.2) is 22.7 Å². The van der Waals surface area contributed by atoms with Gasteiger partial charge < -0.3 is 15.7 Å². The van der Waals surface area contributed by atoms with Crippen LogP contribution >= 0.6 is 15.9 Å². The second kappa shape index (κ2) is 7.44. The summed E-state index contributed by atoms with van der Waals surface area (Å²) in [5.74, 6) is 1.36. The van der Waals surface area contributed by atoms with Crippen LogP contribution in [0.5, 0.6) is 0 Å². The average molecular weight is 325 g/mol. The Morgan fingerprint density at radius 1 is 1.42 bits per heavy atom. The Bertz CT molecular complexity index is 523. The summed E-state index contributed by atoms with van der Waals surface area (Å²) < 4.78 is 0.630. The van der Waals surface area contributed by atoms with Crippen molar-refractivity contribution in [1.82, 2.24) is 5.32 Å². The quantitative estimate of drug-likeness (QED) is 0.575.